The van der Waals surface area contributed by atoms with Crippen LogP contribution >= 0.6 is 11.6 Å². The van der Waals surface area contributed by atoms with Crippen molar-refractivity contribution < 1.29 is 13.5 Å². The van der Waals surface area contributed by atoms with E-state index >= 15 is 0 Å². The van der Waals surface area contributed by atoms with Crippen LogP contribution in [0.5, 0.6) is 11.6 Å². The predicted molar refractivity (Wildman–Crippen MR) is 104 cm³/mol. The first-order valence-electron chi connectivity index (χ1n) is 8.79. The zero-order valence-electron chi connectivity index (χ0n) is 14.9. The number of piperazine rings is 1. The third-order valence-corrected chi connectivity index (χ3v) is 4.83. The summed E-state index contributed by atoms with van der Waals surface area (Å²) in [5, 5.41) is 0.174. The molecule has 0 unspecified atom stereocenters. The van der Waals surface area contributed by atoms with Crippen molar-refractivity contribution in [3.63, 3.8) is 0 Å². The molecule has 1 saturated heterocycles. The molecule has 0 saturated carbocycles. The summed E-state index contributed by atoms with van der Waals surface area (Å²) < 4.78 is 31.9. The molecule has 1 fully saturated rings. The van der Waals surface area contributed by atoms with E-state index in [0.29, 0.717) is 11.6 Å². The fourth-order valence-electron chi connectivity index (χ4n) is 3.07. The Hall–Kier alpha value is -2.93. The Morgan fingerprint density at radius 1 is 0.821 bits per heavy atom. The molecule has 5 nitrogen and oxygen atoms in total. The highest BCUT2D eigenvalue weighted by atomic mass is 35.5. The SMILES string of the molecule is Fc1ccc(N2CCN(c3cc(Oc4ccc(F)cc4Cl)ncn3)CC2)cc1. The maximum atomic E-state index is 13.2. The quantitative estimate of drug-likeness (QED) is 0.641. The van der Waals surface area contributed by atoms with Gasteiger partial charge >= 0.3 is 0 Å². The minimum Gasteiger partial charge on any atom is -0.437 e. The fourth-order valence-corrected chi connectivity index (χ4v) is 3.28. The van der Waals surface area contributed by atoms with Crippen molar-refractivity contribution in [2.24, 2.45) is 0 Å². The number of anilines is 2. The van der Waals surface area contributed by atoms with Crippen molar-refractivity contribution in [3.05, 3.63) is 71.5 Å². The number of hydrogen-bond donors (Lipinski definition) is 0. The summed E-state index contributed by atoms with van der Waals surface area (Å²) in [7, 11) is 0. The van der Waals surface area contributed by atoms with E-state index in [9.17, 15) is 8.78 Å². The lowest BCUT2D eigenvalue weighted by Gasteiger charge is -2.36. The van der Waals surface area contributed by atoms with Crippen LogP contribution in [0, 0.1) is 11.6 Å². The summed E-state index contributed by atoms with van der Waals surface area (Å²) in [6.07, 6.45) is 1.43. The van der Waals surface area contributed by atoms with Gasteiger partial charge in [0, 0.05) is 37.9 Å². The fraction of sp³-hybridized carbons (Fsp3) is 0.200. The summed E-state index contributed by atoms with van der Waals surface area (Å²) in [5.74, 6) is 0.729. The number of benzene rings is 2. The lowest BCUT2D eigenvalue weighted by atomic mass is 10.2. The Bertz CT molecular complexity index is 963. The van der Waals surface area contributed by atoms with Crippen LogP contribution in [-0.4, -0.2) is 36.1 Å². The molecule has 2 aromatic carbocycles. The van der Waals surface area contributed by atoms with Gasteiger partial charge in [-0.1, -0.05) is 11.6 Å². The van der Waals surface area contributed by atoms with Crippen molar-refractivity contribution in [1.29, 1.82) is 0 Å². The van der Waals surface area contributed by atoms with Gasteiger partial charge in [0.05, 0.1) is 5.02 Å². The van der Waals surface area contributed by atoms with Crippen molar-refractivity contribution >= 4 is 23.1 Å². The first-order valence-corrected chi connectivity index (χ1v) is 9.17. The third kappa shape index (κ3) is 4.14. The van der Waals surface area contributed by atoms with Crippen LogP contribution in [0.25, 0.3) is 0 Å². The second kappa shape index (κ2) is 7.98. The third-order valence-electron chi connectivity index (χ3n) is 4.53. The molecule has 0 N–H and O–H groups in total. The molecule has 8 heteroatoms. The largest absolute Gasteiger partial charge is 0.437 e. The van der Waals surface area contributed by atoms with Gasteiger partial charge in [-0.3, -0.25) is 0 Å². The second-order valence-corrected chi connectivity index (χ2v) is 6.75. The van der Waals surface area contributed by atoms with E-state index in [-0.39, 0.29) is 10.8 Å². The van der Waals surface area contributed by atoms with E-state index in [1.807, 2.05) is 0 Å². The van der Waals surface area contributed by atoms with Crippen LogP contribution in [0.4, 0.5) is 20.3 Å². The van der Waals surface area contributed by atoms with E-state index < -0.39 is 5.82 Å². The molecule has 0 atom stereocenters. The predicted octanol–water partition coefficient (Wildman–Crippen LogP) is 4.53. The minimum absolute atomic E-state index is 0.174. The van der Waals surface area contributed by atoms with Gasteiger partial charge in [-0.25, -0.2) is 18.7 Å². The van der Waals surface area contributed by atoms with Gasteiger partial charge in [-0.15, -0.1) is 0 Å². The highest BCUT2D eigenvalue weighted by Gasteiger charge is 2.19. The first kappa shape index (κ1) is 18.4. The van der Waals surface area contributed by atoms with Crippen LogP contribution < -0.4 is 14.5 Å². The van der Waals surface area contributed by atoms with Gasteiger partial charge in [0.2, 0.25) is 5.88 Å². The van der Waals surface area contributed by atoms with Crippen molar-refractivity contribution in [1.82, 2.24) is 9.97 Å². The van der Waals surface area contributed by atoms with Crippen LogP contribution in [0.3, 0.4) is 0 Å². The molecular formula is C20H17ClF2N4O. The van der Waals surface area contributed by atoms with Gasteiger partial charge in [-0.2, -0.15) is 0 Å². The van der Waals surface area contributed by atoms with E-state index in [1.165, 1.54) is 36.7 Å². The average Bonchev–Trinajstić information content (AvgIpc) is 2.71. The Labute approximate surface area is 166 Å². The summed E-state index contributed by atoms with van der Waals surface area (Å²) >= 11 is 6.00. The number of nitrogens with zero attached hydrogens (tertiary/aromatic N) is 4. The number of rotatable bonds is 4. The van der Waals surface area contributed by atoms with Crippen LogP contribution in [0.1, 0.15) is 0 Å². The summed E-state index contributed by atoms with van der Waals surface area (Å²) in [6, 6.07) is 12.2. The van der Waals surface area contributed by atoms with Gasteiger partial charge < -0.3 is 14.5 Å². The molecule has 0 bridgehead atoms. The zero-order chi connectivity index (χ0) is 19.5. The van der Waals surface area contributed by atoms with Crippen molar-refractivity contribution in [3.8, 4) is 11.6 Å². The molecule has 1 aromatic heterocycles. The summed E-state index contributed by atoms with van der Waals surface area (Å²) in [4.78, 5) is 12.8. The molecule has 0 aliphatic carbocycles. The minimum atomic E-state index is -0.431. The lowest BCUT2D eigenvalue weighted by Crippen LogP contribution is -2.46. The van der Waals surface area contributed by atoms with E-state index in [0.717, 1.165) is 37.7 Å². The Kier molecular flexibility index (Phi) is 5.25. The Morgan fingerprint density at radius 3 is 2.21 bits per heavy atom. The monoisotopic (exact) mass is 402 g/mol. The number of halogens is 3. The molecule has 0 spiro atoms. The van der Waals surface area contributed by atoms with E-state index in [1.54, 1.807) is 18.2 Å². The smallest absolute Gasteiger partial charge is 0.224 e. The van der Waals surface area contributed by atoms with E-state index in [2.05, 4.69) is 19.8 Å². The maximum Gasteiger partial charge on any atom is 0.224 e. The van der Waals surface area contributed by atoms with Crippen molar-refractivity contribution in [2.45, 2.75) is 0 Å². The van der Waals surface area contributed by atoms with Gasteiger partial charge in [0.15, 0.2) is 0 Å². The first-order chi connectivity index (χ1) is 13.6. The Morgan fingerprint density at radius 2 is 1.50 bits per heavy atom. The molecule has 4 rings (SSSR count). The van der Waals surface area contributed by atoms with Crippen LogP contribution in [-0.2, 0) is 0 Å². The summed E-state index contributed by atoms with van der Waals surface area (Å²) in [6.45, 7) is 3.08. The molecule has 2 heterocycles. The molecule has 144 valence electrons. The molecule has 1 aliphatic heterocycles. The maximum absolute atomic E-state index is 13.2. The molecule has 1 aliphatic rings. The zero-order valence-corrected chi connectivity index (χ0v) is 15.6. The van der Waals surface area contributed by atoms with Gasteiger partial charge in [-0.05, 0) is 42.5 Å². The summed E-state index contributed by atoms with van der Waals surface area (Å²) in [5.41, 5.74) is 0.999. The topological polar surface area (TPSA) is 41.5 Å². The Balaban J connectivity index is 1.43. The van der Waals surface area contributed by atoms with E-state index in [4.69, 9.17) is 16.3 Å². The molecule has 0 amide bonds. The highest BCUT2D eigenvalue weighted by Crippen LogP contribution is 2.30. The van der Waals surface area contributed by atoms with Gasteiger partial charge in [0.25, 0.3) is 0 Å². The standard InChI is InChI=1S/C20H17ClF2N4O/c21-17-11-15(23)3-6-18(17)28-20-12-19(24-13-25-20)27-9-7-26(8-10-27)16-4-1-14(22)2-5-16/h1-6,11-13H,7-10H2. The second-order valence-electron chi connectivity index (χ2n) is 6.34. The van der Waals surface area contributed by atoms with Crippen LogP contribution in [0.15, 0.2) is 54.9 Å². The molecule has 28 heavy (non-hydrogen) atoms. The normalized spacial score (nSPS) is 14.2. The number of ether oxygens (including phenoxy) is 1. The molecule has 3 aromatic rings. The molecule has 0 radical (unpaired) electrons. The molecular weight excluding hydrogens is 386 g/mol. The van der Waals surface area contributed by atoms with Gasteiger partial charge in [0.1, 0.15) is 29.5 Å². The number of aromatic nitrogens is 2. The highest BCUT2D eigenvalue weighted by molar-refractivity contribution is 6.32. The van der Waals surface area contributed by atoms with Crippen LogP contribution in [0.2, 0.25) is 5.02 Å². The number of hydrogen-bond acceptors (Lipinski definition) is 5. The van der Waals surface area contributed by atoms with Crippen molar-refractivity contribution in [2.75, 3.05) is 36.0 Å². The lowest BCUT2D eigenvalue weighted by molar-refractivity contribution is 0.459. The average molecular weight is 403 g/mol.